The topological polar surface area (TPSA) is 32.8 Å². The lowest BCUT2D eigenvalue weighted by Gasteiger charge is -2.36. The molecule has 0 amide bonds. The van der Waals surface area contributed by atoms with Crippen molar-refractivity contribution in [2.24, 2.45) is 0 Å². The van der Waals surface area contributed by atoms with Gasteiger partial charge in [-0.05, 0) is 51.7 Å². The normalized spacial score (nSPS) is 20.1. The second-order valence-corrected chi connectivity index (χ2v) is 5.66. The first-order chi connectivity index (χ1) is 9.63. The molecule has 1 unspecified atom stereocenters. The van der Waals surface area contributed by atoms with E-state index in [0.29, 0.717) is 11.6 Å². The van der Waals surface area contributed by atoms with E-state index in [1.165, 1.54) is 19.4 Å². The molecule has 1 aromatic carbocycles. The Morgan fingerprint density at radius 2 is 2.30 bits per heavy atom. The van der Waals surface area contributed by atoms with Crippen LogP contribution in [0, 0.1) is 0 Å². The van der Waals surface area contributed by atoms with Crippen molar-refractivity contribution < 1.29 is 9.53 Å². The molecule has 1 heterocycles. The maximum atomic E-state index is 10.9. The molecule has 1 saturated heterocycles. The molecular weight excluding hydrogens is 252 g/mol. The van der Waals surface area contributed by atoms with Gasteiger partial charge in [-0.15, -0.1) is 0 Å². The summed E-state index contributed by atoms with van der Waals surface area (Å²) in [5.74, 6) is 0.853. The molecule has 1 atom stereocenters. The first-order valence-electron chi connectivity index (χ1n) is 7.15. The lowest BCUT2D eigenvalue weighted by molar-refractivity contribution is 0.112. The summed E-state index contributed by atoms with van der Waals surface area (Å²) in [7, 11) is 6.00. The number of hydrogen-bond acceptors (Lipinski definition) is 4. The third-order valence-corrected chi connectivity index (χ3v) is 4.08. The zero-order valence-electron chi connectivity index (χ0n) is 12.6. The lowest BCUT2D eigenvalue weighted by atomic mass is 10.0. The molecule has 110 valence electrons. The van der Waals surface area contributed by atoms with Gasteiger partial charge in [-0.1, -0.05) is 0 Å². The number of nitrogens with zero attached hydrogens (tertiary/aromatic N) is 2. The summed E-state index contributed by atoms with van der Waals surface area (Å²) in [6.45, 7) is 3.10. The predicted octanol–water partition coefficient (Wildman–Crippen LogP) is 2.03. The van der Waals surface area contributed by atoms with E-state index in [9.17, 15) is 4.79 Å². The van der Waals surface area contributed by atoms with Crippen LogP contribution in [0.25, 0.3) is 0 Å². The lowest BCUT2D eigenvalue weighted by Crippen LogP contribution is -2.44. The van der Waals surface area contributed by atoms with Crippen LogP contribution in [-0.4, -0.2) is 56.4 Å². The Hall–Kier alpha value is -1.39. The van der Waals surface area contributed by atoms with Gasteiger partial charge in [-0.25, -0.2) is 0 Å². The van der Waals surface area contributed by atoms with E-state index < -0.39 is 0 Å². The highest BCUT2D eigenvalue weighted by atomic mass is 16.5. The minimum Gasteiger partial charge on any atom is -0.496 e. The molecule has 1 fully saturated rings. The molecule has 0 radical (unpaired) electrons. The summed E-state index contributed by atoms with van der Waals surface area (Å²) in [5.41, 5.74) is 1.78. The Morgan fingerprint density at radius 3 is 2.95 bits per heavy atom. The number of ether oxygens (including phenoxy) is 1. The van der Waals surface area contributed by atoms with Crippen LogP contribution in [0.5, 0.6) is 5.75 Å². The van der Waals surface area contributed by atoms with E-state index in [1.54, 1.807) is 13.2 Å². The second-order valence-electron chi connectivity index (χ2n) is 5.66. The Labute approximate surface area is 121 Å². The second kappa shape index (κ2) is 6.86. The van der Waals surface area contributed by atoms with Crippen molar-refractivity contribution in [3.63, 3.8) is 0 Å². The average Bonchev–Trinajstić information content (AvgIpc) is 2.47. The Bertz CT molecular complexity index is 462. The van der Waals surface area contributed by atoms with Gasteiger partial charge in [-0.3, -0.25) is 9.69 Å². The standard InChI is InChI=1S/C16H24N2O2/c1-17-8-4-5-15(11-17)18(2)10-14-9-13(12-19)6-7-16(14)20-3/h6-7,9,12,15H,4-5,8,10-11H2,1-3H3. The molecule has 0 N–H and O–H groups in total. The van der Waals surface area contributed by atoms with E-state index in [4.69, 9.17) is 4.74 Å². The van der Waals surface area contributed by atoms with E-state index >= 15 is 0 Å². The molecule has 20 heavy (non-hydrogen) atoms. The molecule has 1 aliphatic rings. The Kier molecular flexibility index (Phi) is 5.15. The number of methoxy groups -OCH3 is 1. The van der Waals surface area contributed by atoms with Crippen molar-refractivity contribution in [3.05, 3.63) is 29.3 Å². The van der Waals surface area contributed by atoms with Gasteiger partial charge in [0.25, 0.3) is 0 Å². The monoisotopic (exact) mass is 276 g/mol. The number of carbonyl (C=O) groups is 1. The van der Waals surface area contributed by atoms with Crippen LogP contribution in [-0.2, 0) is 6.54 Å². The van der Waals surface area contributed by atoms with Gasteiger partial charge in [0.1, 0.15) is 12.0 Å². The van der Waals surface area contributed by atoms with E-state index in [1.807, 2.05) is 12.1 Å². The number of rotatable bonds is 5. The number of likely N-dealkylation sites (tertiary alicyclic amines) is 1. The summed E-state index contributed by atoms with van der Waals surface area (Å²) < 4.78 is 5.40. The smallest absolute Gasteiger partial charge is 0.150 e. The third kappa shape index (κ3) is 3.58. The van der Waals surface area contributed by atoms with Gasteiger partial charge in [0.15, 0.2) is 0 Å². The first-order valence-corrected chi connectivity index (χ1v) is 7.15. The molecule has 0 bridgehead atoms. The van der Waals surface area contributed by atoms with Crippen molar-refractivity contribution in [1.29, 1.82) is 0 Å². The maximum Gasteiger partial charge on any atom is 0.150 e. The van der Waals surface area contributed by atoms with Crippen molar-refractivity contribution in [3.8, 4) is 5.75 Å². The van der Waals surface area contributed by atoms with Gasteiger partial charge < -0.3 is 9.64 Å². The fourth-order valence-electron chi connectivity index (χ4n) is 2.89. The minimum absolute atomic E-state index is 0.568. The van der Waals surface area contributed by atoms with Crippen molar-refractivity contribution >= 4 is 6.29 Å². The van der Waals surface area contributed by atoms with Crippen molar-refractivity contribution in [2.45, 2.75) is 25.4 Å². The van der Waals surface area contributed by atoms with Crippen LogP contribution in [0.1, 0.15) is 28.8 Å². The summed E-state index contributed by atoms with van der Waals surface area (Å²) >= 11 is 0. The fourth-order valence-corrected chi connectivity index (χ4v) is 2.89. The van der Waals surface area contributed by atoms with Crippen molar-refractivity contribution in [1.82, 2.24) is 9.80 Å². The molecule has 4 nitrogen and oxygen atoms in total. The SMILES string of the molecule is COc1ccc(C=O)cc1CN(C)C1CCCN(C)C1. The zero-order chi connectivity index (χ0) is 14.5. The third-order valence-electron chi connectivity index (χ3n) is 4.08. The maximum absolute atomic E-state index is 10.9. The fraction of sp³-hybridized carbons (Fsp3) is 0.562. The van der Waals surface area contributed by atoms with E-state index in [2.05, 4.69) is 23.9 Å². The number of benzene rings is 1. The molecule has 1 aliphatic heterocycles. The highest BCUT2D eigenvalue weighted by Gasteiger charge is 2.21. The largest absolute Gasteiger partial charge is 0.496 e. The molecular formula is C16H24N2O2. The Balaban J connectivity index is 2.09. The molecule has 0 spiro atoms. The van der Waals surface area contributed by atoms with Crippen molar-refractivity contribution in [2.75, 3.05) is 34.3 Å². The van der Waals surface area contributed by atoms with Crippen LogP contribution < -0.4 is 4.74 Å². The summed E-state index contributed by atoms with van der Waals surface area (Å²) in [6.07, 6.45) is 3.37. The molecule has 4 heteroatoms. The summed E-state index contributed by atoms with van der Waals surface area (Å²) in [6, 6.07) is 6.16. The Morgan fingerprint density at radius 1 is 1.50 bits per heavy atom. The predicted molar refractivity (Wildman–Crippen MR) is 80.4 cm³/mol. The van der Waals surface area contributed by atoms with E-state index in [0.717, 1.165) is 30.7 Å². The minimum atomic E-state index is 0.568. The molecule has 2 rings (SSSR count). The number of piperidine rings is 1. The summed E-state index contributed by atoms with van der Waals surface area (Å²) in [5, 5.41) is 0. The van der Waals surface area contributed by atoms with Crippen LogP contribution >= 0.6 is 0 Å². The number of hydrogen-bond donors (Lipinski definition) is 0. The van der Waals surface area contributed by atoms with E-state index in [-0.39, 0.29) is 0 Å². The molecule has 1 aromatic rings. The summed E-state index contributed by atoms with van der Waals surface area (Å²) in [4.78, 5) is 15.7. The van der Waals surface area contributed by atoms with Crippen LogP contribution in [0.4, 0.5) is 0 Å². The van der Waals surface area contributed by atoms with Gasteiger partial charge in [0.05, 0.1) is 7.11 Å². The molecule has 0 aliphatic carbocycles. The first kappa shape index (κ1) is 15.0. The average molecular weight is 276 g/mol. The van der Waals surface area contributed by atoms with Gasteiger partial charge >= 0.3 is 0 Å². The number of aldehydes is 1. The highest BCUT2D eigenvalue weighted by Crippen LogP contribution is 2.23. The molecule has 0 aromatic heterocycles. The zero-order valence-corrected chi connectivity index (χ0v) is 12.6. The van der Waals surface area contributed by atoms with Gasteiger partial charge in [0.2, 0.25) is 0 Å². The van der Waals surface area contributed by atoms with Gasteiger partial charge in [-0.2, -0.15) is 0 Å². The highest BCUT2D eigenvalue weighted by molar-refractivity contribution is 5.75. The van der Waals surface area contributed by atoms with Crippen LogP contribution in [0.15, 0.2) is 18.2 Å². The van der Waals surface area contributed by atoms with Gasteiger partial charge in [0, 0.05) is 30.3 Å². The number of carbonyl (C=O) groups excluding carboxylic acids is 1. The van der Waals surface area contributed by atoms with Crippen LogP contribution in [0.2, 0.25) is 0 Å². The quantitative estimate of drug-likeness (QED) is 0.771. The molecule has 0 saturated carbocycles. The number of likely N-dealkylation sites (N-methyl/N-ethyl adjacent to an activating group) is 2. The van der Waals surface area contributed by atoms with Crippen LogP contribution in [0.3, 0.4) is 0 Å².